The lowest BCUT2D eigenvalue weighted by Gasteiger charge is -2.31. The van der Waals surface area contributed by atoms with E-state index in [4.69, 9.17) is 4.98 Å². The molecule has 2 rings (SSSR count). The van der Waals surface area contributed by atoms with E-state index in [0.29, 0.717) is 6.04 Å². The minimum Gasteiger partial charge on any atom is -0.392 e. The molecule has 0 aliphatic heterocycles. The minimum absolute atomic E-state index is 0.209. The molecule has 1 aromatic heterocycles. The number of thiazole rings is 1. The summed E-state index contributed by atoms with van der Waals surface area (Å²) in [5.41, 5.74) is 1.31. The zero-order valence-corrected chi connectivity index (χ0v) is 12.5. The molecular formula is C14H24N2OS. The van der Waals surface area contributed by atoms with Gasteiger partial charge in [0.05, 0.1) is 16.8 Å². The van der Waals surface area contributed by atoms with E-state index in [-0.39, 0.29) is 6.10 Å². The van der Waals surface area contributed by atoms with Crippen LogP contribution in [-0.2, 0) is 12.8 Å². The quantitative estimate of drug-likeness (QED) is 0.892. The largest absolute Gasteiger partial charge is 0.392 e. The van der Waals surface area contributed by atoms with Crippen molar-refractivity contribution in [1.82, 2.24) is 9.88 Å². The number of hydrogen-bond donors (Lipinski definition) is 1. The lowest BCUT2D eigenvalue weighted by atomic mass is 9.96. The molecule has 1 aromatic rings. The third kappa shape index (κ3) is 2.92. The lowest BCUT2D eigenvalue weighted by Crippen LogP contribution is -2.33. The molecule has 0 saturated heterocycles. The summed E-state index contributed by atoms with van der Waals surface area (Å²) in [6.45, 7) is 4.97. The molecule has 3 nitrogen and oxygen atoms in total. The van der Waals surface area contributed by atoms with Crippen molar-refractivity contribution in [1.29, 1.82) is 0 Å². The number of rotatable bonds is 5. The Kier molecular flexibility index (Phi) is 4.76. The Balaban J connectivity index is 2.13. The average molecular weight is 268 g/mol. The number of aliphatic hydroxyl groups excluding tert-OH is 1. The molecule has 0 spiro atoms. The summed E-state index contributed by atoms with van der Waals surface area (Å²) in [5, 5.41) is 11.1. The molecule has 2 unspecified atom stereocenters. The molecule has 1 N–H and O–H groups in total. The van der Waals surface area contributed by atoms with Crippen LogP contribution in [-0.4, -0.2) is 34.7 Å². The van der Waals surface area contributed by atoms with Crippen molar-refractivity contribution in [2.45, 2.75) is 58.1 Å². The van der Waals surface area contributed by atoms with Crippen LogP contribution < -0.4 is 0 Å². The highest BCUT2D eigenvalue weighted by molar-refractivity contribution is 7.11. The van der Waals surface area contributed by atoms with E-state index in [1.54, 1.807) is 0 Å². The van der Waals surface area contributed by atoms with Gasteiger partial charge < -0.3 is 5.11 Å². The molecule has 102 valence electrons. The Morgan fingerprint density at radius 2 is 2.28 bits per heavy atom. The Hall–Kier alpha value is -0.450. The predicted octanol–water partition coefficient (Wildman–Crippen LogP) is 2.79. The van der Waals surface area contributed by atoms with E-state index in [1.165, 1.54) is 28.4 Å². The Bertz CT molecular complexity index is 391. The first-order chi connectivity index (χ1) is 8.65. The molecule has 0 amide bonds. The fraction of sp³-hybridized carbons (Fsp3) is 0.786. The topological polar surface area (TPSA) is 36.4 Å². The van der Waals surface area contributed by atoms with E-state index in [1.807, 2.05) is 18.3 Å². The van der Waals surface area contributed by atoms with Gasteiger partial charge in [-0.15, -0.1) is 11.3 Å². The number of fused-ring (bicyclic) bond motifs is 1. The second kappa shape index (κ2) is 6.13. The predicted molar refractivity (Wildman–Crippen MR) is 76.1 cm³/mol. The van der Waals surface area contributed by atoms with Crippen LogP contribution >= 0.6 is 11.3 Å². The molecule has 1 aliphatic carbocycles. The molecule has 0 radical (unpaired) electrons. The van der Waals surface area contributed by atoms with E-state index in [2.05, 4.69) is 18.9 Å². The molecule has 1 aliphatic rings. The van der Waals surface area contributed by atoms with Crippen LogP contribution in [0.5, 0.6) is 0 Å². The highest BCUT2D eigenvalue weighted by Gasteiger charge is 2.27. The van der Waals surface area contributed by atoms with E-state index in [9.17, 15) is 5.11 Å². The molecule has 4 heteroatoms. The molecule has 0 saturated carbocycles. The van der Waals surface area contributed by atoms with Crippen molar-refractivity contribution >= 4 is 11.3 Å². The van der Waals surface area contributed by atoms with Gasteiger partial charge in [0.1, 0.15) is 0 Å². The monoisotopic (exact) mass is 268 g/mol. The second-order valence-electron chi connectivity index (χ2n) is 5.18. The fourth-order valence-corrected chi connectivity index (χ4v) is 3.86. The summed E-state index contributed by atoms with van der Waals surface area (Å²) in [6, 6.07) is 0.466. The highest BCUT2D eigenvalue weighted by Crippen LogP contribution is 2.37. The first-order valence-corrected chi connectivity index (χ1v) is 7.84. The maximum absolute atomic E-state index is 9.80. The summed E-state index contributed by atoms with van der Waals surface area (Å²) in [6.07, 6.45) is 5.20. The normalized spacial score (nSPS) is 21.1. The summed E-state index contributed by atoms with van der Waals surface area (Å²) in [7, 11) is 2.13. The molecule has 1 heterocycles. The SMILES string of the molecule is CCc1nc2c(s1)C(N(C)CC(O)CC)CCC2. The number of aryl methyl sites for hydroxylation is 2. The van der Waals surface area contributed by atoms with Gasteiger partial charge in [-0.25, -0.2) is 4.98 Å². The zero-order valence-electron chi connectivity index (χ0n) is 11.6. The third-order valence-corrected chi connectivity index (χ3v) is 5.11. The van der Waals surface area contributed by atoms with Crippen molar-refractivity contribution in [2.75, 3.05) is 13.6 Å². The number of aliphatic hydroxyl groups is 1. The van der Waals surface area contributed by atoms with Crippen molar-refractivity contribution in [3.8, 4) is 0 Å². The molecule has 0 fully saturated rings. The van der Waals surface area contributed by atoms with Crippen molar-refractivity contribution in [3.63, 3.8) is 0 Å². The van der Waals surface area contributed by atoms with Gasteiger partial charge in [0.15, 0.2) is 0 Å². The van der Waals surface area contributed by atoms with E-state index in [0.717, 1.165) is 25.8 Å². The van der Waals surface area contributed by atoms with E-state index >= 15 is 0 Å². The smallest absolute Gasteiger partial charge is 0.0928 e. The maximum Gasteiger partial charge on any atom is 0.0928 e. The van der Waals surface area contributed by atoms with Crippen molar-refractivity contribution in [2.24, 2.45) is 0 Å². The minimum atomic E-state index is -0.209. The molecule has 2 atom stereocenters. The molecular weight excluding hydrogens is 244 g/mol. The first kappa shape index (κ1) is 14.0. The number of likely N-dealkylation sites (N-methyl/N-ethyl adjacent to an activating group) is 1. The summed E-state index contributed by atoms with van der Waals surface area (Å²) in [4.78, 5) is 8.49. The fourth-order valence-electron chi connectivity index (χ4n) is 2.61. The van der Waals surface area contributed by atoms with Gasteiger partial charge in [-0.3, -0.25) is 4.90 Å². The zero-order chi connectivity index (χ0) is 13.1. The standard InChI is InChI=1S/C14H24N2OS/c1-4-10(17)9-16(3)12-8-6-7-11-14(12)18-13(5-2)15-11/h10,12,17H,4-9H2,1-3H3. The van der Waals surface area contributed by atoms with Crippen LogP contribution in [0, 0.1) is 0 Å². The van der Waals surface area contributed by atoms with Gasteiger partial charge in [0, 0.05) is 17.5 Å². The first-order valence-electron chi connectivity index (χ1n) is 7.02. The molecule has 0 aromatic carbocycles. The number of hydrogen-bond acceptors (Lipinski definition) is 4. The summed E-state index contributed by atoms with van der Waals surface area (Å²) >= 11 is 1.87. The van der Waals surface area contributed by atoms with Crippen molar-refractivity contribution < 1.29 is 5.11 Å². The third-order valence-electron chi connectivity index (χ3n) is 3.77. The Labute approximate surface area is 114 Å². The van der Waals surface area contributed by atoms with Crippen LogP contribution in [0.15, 0.2) is 0 Å². The average Bonchev–Trinajstić information content (AvgIpc) is 2.80. The Morgan fingerprint density at radius 3 is 2.94 bits per heavy atom. The van der Waals surface area contributed by atoms with Crippen LogP contribution in [0.3, 0.4) is 0 Å². The van der Waals surface area contributed by atoms with Gasteiger partial charge in [-0.05, 0) is 39.2 Å². The second-order valence-corrected chi connectivity index (χ2v) is 6.30. The van der Waals surface area contributed by atoms with Gasteiger partial charge in [0.2, 0.25) is 0 Å². The molecule has 0 bridgehead atoms. The van der Waals surface area contributed by atoms with Crippen LogP contribution in [0.4, 0.5) is 0 Å². The summed E-state index contributed by atoms with van der Waals surface area (Å²) < 4.78 is 0. The highest BCUT2D eigenvalue weighted by atomic mass is 32.1. The van der Waals surface area contributed by atoms with Crippen LogP contribution in [0.1, 0.15) is 54.7 Å². The number of aromatic nitrogens is 1. The number of nitrogens with zero attached hydrogens (tertiary/aromatic N) is 2. The van der Waals surface area contributed by atoms with Gasteiger partial charge in [0.25, 0.3) is 0 Å². The lowest BCUT2D eigenvalue weighted by molar-refractivity contribution is 0.0964. The van der Waals surface area contributed by atoms with Crippen LogP contribution in [0.25, 0.3) is 0 Å². The van der Waals surface area contributed by atoms with Crippen molar-refractivity contribution in [3.05, 3.63) is 15.6 Å². The van der Waals surface area contributed by atoms with Gasteiger partial charge in [-0.2, -0.15) is 0 Å². The van der Waals surface area contributed by atoms with Crippen LogP contribution in [0.2, 0.25) is 0 Å². The van der Waals surface area contributed by atoms with Gasteiger partial charge in [-0.1, -0.05) is 13.8 Å². The van der Waals surface area contributed by atoms with E-state index < -0.39 is 0 Å². The molecule has 18 heavy (non-hydrogen) atoms. The van der Waals surface area contributed by atoms with Gasteiger partial charge >= 0.3 is 0 Å². The summed E-state index contributed by atoms with van der Waals surface area (Å²) in [5.74, 6) is 0. The Morgan fingerprint density at radius 1 is 1.50 bits per heavy atom. The maximum atomic E-state index is 9.80.